The minimum atomic E-state index is -0.290. The lowest BCUT2D eigenvalue weighted by Gasteiger charge is -2.33. The molecule has 2 rings (SSSR count). The molecular weight excluding hydrogens is 428 g/mol. The van der Waals surface area contributed by atoms with Gasteiger partial charge in [-0.05, 0) is 66.5 Å². The highest BCUT2D eigenvalue weighted by molar-refractivity contribution is 6.12. The summed E-state index contributed by atoms with van der Waals surface area (Å²) in [7, 11) is 0. The van der Waals surface area contributed by atoms with Crippen LogP contribution in [-0.4, -0.2) is 58.4 Å². The van der Waals surface area contributed by atoms with Crippen LogP contribution in [0.5, 0.6) is 0 Å². The van der Waals surface area contributed by atoms with Crippen molar-refractivity contribution in [2.24, 2.45) is 0 Å². The summed E-state index contributed by atoms with van der Waals surface area (Å²) in [6, 6.07) is 9.65. The van der Waals surface area contributed by atoms with Crippen molar-refractivity contribution in [2.45, 2.75) is 79.6 Å². The molecule has 0 aliphatic heterocycles. The molecule has 0 aliphatic rings. The number of hydrogen-bond donors (Lipinski definition) is 0. The van der Waals surface area contributed by atoms with Crippen LogP contribution in [0.1, 0.15) is 96.8 Å². The molecule has 0 radical (unpaired) electrons. The summed E-state index contributed by atoms with van der Waals surface area (Å²) in [5.74, 6) is -0.579. The predicted octanol–water partition coefficient (Wildman–Crippen LogP) is 5.50. The average molecular weight is 465 g/mol. The van der Waals surface area contributed by atoms with Crippen molar-refractivity contribution < 1.29 is 19.2 Å². The molecule has 6 nitrogen and oxygen atoms in total. The van der Waals surface area contributed by atoms with Gasteiger partial charge in [-0.3, -0.25) is 19.2 Å². The standard InChI is InChI=1S/C28H36N2O4/c1-17(2)29(18(3)4)27(33)25-21(15-31)11-9-13-23(25)24-14-10-12-22(16-32)26(24)28(34)30(19(5)6)20(7)8/h9-20H,1-8H3. The highest BCUT2D eigenvalue weighted by Crippen LogP contribution is 2.33. The van der Waals surface area contributed by atoms with Crippen molar-refractivity contribution in [3.05, 3.63) is 58.7 Å². The van der Waals surface area contributed by atoms with Gasteiger partial charge >= 0.3 is 0 Å². The van der Waals surface area contributed by atoms with E-state index in [1.165, 1.54) is 0 Å². The van der Waals surface area contributed by atoms with Gasteiger partial charge in [0, 0.05) is 35.3 Å². The Kier molecular flexibility index (Phi) is 8.91. The van der Waals surface area contributed by atoms with E-state index in [2.05, 4.69) is 0 Å². The molecule has 0 atom stereocenters. The maximum Gasteiger partial charge on any atom is 0.255 e. The largest absolute Gasteiger partial charge is 0.334 e. The van der Waals surface area contributed by atoms with E-state index in [1.54, 1.807) is 46.2 Å². The third-order valence-electron chi connectivity index (χ3n) is 5.86. The first-order chi connectivity index (χ1) is 16.0. The molecule has 2 amide bonds. The smallest absolute Gasteiger partial charge is 0.255 e. The minimum absolute atomic E-state index is 0.0974. The van der Waals surface area contributed by atoms with E-state index in [0.29, 0.717) is 23.7 Å². The summed E-state index contributed by atoms with van der Waals surface area (Å²) in [6.07, 6.45) is 1.32. The molecule has 0 fully saturated rings. The van der Waals surface area contributed by atoms with Crippen molar-refractivity contribution in [3.63, 3.8) is 0 Å². The molecule has 0 aromatic heterocycles. The number of rotatable bonds is 9. The maximum atomic E-state index is 13.8. The molecule has 0 saturated carbocycles. The van der Waals surface area contributed by atoms with Crippen LogP contribution in [0.3, 0.4) is 0 Å². The number of amides is 2. The van der Waals surface area contributed by atoms with E-state index in [0.717, 1.165) is 0 Å². The molecule has 0 unspecified atom stereocenters. The lowest BCUT2D eigenvalue weighted by atomic mass is 9.88. The highest BCUT2D eigenvalue weighted by Gasteiger charge is 2.31. The van der Waals surface area contributed by atoms with Gasteiger partial charge in [0.2, 0.25) is 0 Å². The first kappa shape index (κ1) is 27.0. The molecule has 6 heteroatoms. The molecule has 0 N–H and O–H groups in total. The summed E-state index contributed by atoms with van der Waals surface area (Å²) < 4.78 is 0. The van der Waals surface area contributed by atoms with E-state index >= 15 is 0 Å². The van der Waals surface area contributed by atoms with E-state index in [-0.39, 0.29) is 58.2 Å². The second kappa shape index (κ2) is 11.2. The van der Waals surface area contributed by atoms with E-state index in [4.69, 9.17) is 0 Å². The third-order valence-corrected chi connectivity index (χ3v) is 5.86. The first-order valence-electron chi connectivity index (χ1n) is 11.8. The Balaban J connectivity index is 2.91. The zero-order valence-electron chi connectivity index (χ0n) is 21.5. The van der Waals surface area contributed by atoms with Gasteiger partial charge in [-0.25, -0.2) is 0 Å². The average Bonchev–Trinajstić information content (AvgIpc) is 2.76. The van der Waals surface area contributed by atoms with Crippen molar-refractivity contribution in [1.29, 1.82) is 0 Å². The van der Waals surface area contributed by atoms with Gasteiger partial charge < -0.3 is 9.80 Å². The van der Waals surface area contributed by atoms with Crippen LogP contribution in [0.2, 0.25) is 0 Å². The highest BCUT2D eigenvalue weighted by atomic mass is 16.2. The van der Waals surface area contributed by atoms with Crippen LogP contribution in [-0.2, 0) is 0 Å². The minimum Gasteiger partial charge on any atom is -0.334 e. The normalized spacial score (nSPS) is 11.3. The lowest BCUT2D eigenvalue weighted by Crippen LogP contribution is -2.43. The zero-order chi connectivity index (χ0) is 25.7. The van der Waals surface area contributed by atoms with Crippen LogP contribution in [0.4, 0.5) is 0 Å². The van der Waals surface area contributed by atoms with Crippen molar-refractivity contribution in [3.8, 4) is 11.1 Å². The lowest BCUT2D eigenvalue weighted by molar-refractivity contribution is 0.0631. The van der Waals surface area contributed by atoms with Gasteiger partial charge in [0.15, 0.2) is 12.6 Å². The third kappa shape index (κ3) is 5.27. The quantitative estimate of drug-likeness (QED) is 0.460. The SMILES string of the molecule is CC(C)N(C(=O)c1c(C=O)cccc1-c1cccc(C=O)c1C(=O)N(C(C)C)C(C)C)C(C)C. The molecular formula is C28H36N2O4. The summed E-state index contributed by atoms with van der Waals surface area (Å²) in [6.45, 7) is 15.4. The molecule has 34 heavy (non-hydrogen) atoms. The van der Waals surface area contributed by atoms with E-state index in [9.17, 15) is 19.2 Å². The fraction of sp³-hybridized carbons (Fsp3) is 0.429. The van der Waals surface area contributed by atoms with Crippen molar-refractivity contribution in [1.82, 2.24) is 9.80 Å². The summed E-state index contributed by atoms with van der Waals surface area (Å²) in [5, 5.41) is 0. The van der Waals surface area contributed by atoms with E-state index in [1.807, 2.05) is 55.4 Å². The summed E-state index contributed by atoms with van der Waals surface area (Å²) >= 11 is 0. The number of nitrogens with zero attached hydrogens (tertiary/aromatic N) is 2. The fourth-order valence-corrected chi connectivity index (χ4v) is 4.65. The fourth-order valence-electron chi connectivity index (χ4n) is 4.65. The number of hydrogen-bond acceptors (Lipinski definition) is 4. The number of benzene rings is 2. The Labute approximate surface area is 202 Å². The second-order valence-electron chi connectivity index (χ2n) is 9.58. The molecule has 0 aliphatic carbocycles. The van der Waals surface area contributed by atoms with Crippen LogP contribution < -0.4 is 0 Å². The molecule has 2 aromatic carbocycles. The topological polar surface area (TPSA) is 74.8 Å². The molecule has 2 aromatic rings. The summed E-state index contributed by atoms with van der Waals surface area (Å²) in [5.41, 5.74) is 1.87. The van der Waals surface area contributed by atoms with Crippen LogP contribution >= 0.6 is 0 Å². The van der Waals surface area contributed by atoms with Gasteiger partial charge in [-0.2, -0.15) is 0 Å². The van der Waals surface area contributed by atoms with E-state index < -0.39 is 0 Å². The second-order valence-corrected chi connectivity index (χ2v) is 9.58. The Morgan fingerprint density at radius 3 is 1.12 bits per heavy atom. The Morgan fingerprint density at radius 1 is 0.588 bits per heavy atom. The van der Waals surface area contributed by atoms with Gasteiger partial charge in [0.25, 0.3) is 11.8 Å². The Bertz CT molecular complexity index is 969. The maximum absolute atomic E-state index is 13.8. The van der Waals surface area contributed by atoms with Crippen LogP contribution in [0.15, 0.2) is 36.4 Å². The Hall–Kier alpha value is -3.28. The zero-order valence-corrected chi connectivity index (χ0v) is 21.5. The Morgan fingerprint density at radius 2 is 0.882 bits per heavy atom. The summed E-state index contributed by atoms with van der Waals surface area (Å²) in [4.78, 5) is 55.0. The van der Waals surface area contributed by atoms with Crippen molar-refractivity contribution in [2.75, 3.05) is 0 Å². The molecule has 0 bridgehead atoms. The van der Waals surface area contributed by atoms with Gasteiger partial charge in [0.1, 0.15) is 0 Å². The predicted molar refractivity (Wildman–Crippen MR) is 136 cm³/mol. The molecule has 0 heterocycles. The first-order valence-corrected chi connectivity index (χ1v) is 11.8. The van der Waals surface area contributed by atoms with Crippen LogP contribution in [0, 0.1) is 0 Å². The van der Waals surface area contributed by atoms with Gasteiger partial charge in [-0.15, -0.1) is 0 Å². The van der Waals surface area contributed by atoms with Crippen LogP contribution in [0.25, 0.3) is 11.1 Å². The van der Waals surface area contributed by atoms with Gasteiger partial charge in [-0.1, -0.05) is 36.4 Å². The monoisotopic (exact) mass is 464 g/mol. The molecule has 0 spiro atoms. The number of aldehydes is 2. The molecule has 0 saturated heterocycles. The number of carbonyl (C=O) groups excluding carboxylic acids is 4. The number of carbonyl (C=O) groups is 4. The van der Waals surface area contributed by atoms with Gasteiger partial charge in [0.05, 0.1) is 11.1 Å². The van der Waals surface area contributed by atoms with Crippen molar-refractivity contribution >= 4 is 24.4 Å². The molecule has 182 valence electrons.